The Bertz CT molecular complexity index is 503. The van der Waals surface area contributed by atoms with E-state index in [1.807, 2.05) is 0 Å². The van der Waals surface area contributed by atoms with Crippen molar-refractivity contribution in [1.29, 1.82) is 0 Å². The van der Waals surface area contributed by atoms with Crippen molar-refractivity contribution in [1.82, 2.24) is 5.32 Å². The van der Waals surface area contributed by atoms with Crippen LogP contribution >= 0.6 is 0 Å². The molecule has 1 N–H and O–H groups in total. The molecular weight excluding hydrogens is 230 g/mol. The summed E-state index contributed by atoms with van der Waals surface area (Å²) in [6.45, 7) is 1.77. The molecule has 88 valence electrons. The van der Waals surface area contributed by atoms with Crippen LogP contribution in [0.4, 0.5) is 0 Å². The molecule has 16 heavy (non-hydrogen) atoms. The SMILES string of the molecule is Cc1ccoc1C(=O)N[C@H]1CCS(=O)(=O)C1. The summed E-state index contributed by atoms with van der Waals surface area (Å²) >= 11 is 0. The van der Waals surface area contributed by atoms with E-state index in [9.17, 15) is 13.2 Å². The van der Waals surface area contributed by atoms with Crippen LogP contribution in [-0.4, -0.2) is 31.9 Å². The number of amides is 1. The van der Waals surface area contributed by atoms with Gasteiger partial charge in [-0.3, -0.25) is 4.79 Å². The minimum atomic E-state index is -2.97. The van der Waals surface area contributed by atoms with Gasteiger partial charge in [0.05, 0.1) is 17.8 Å². The third-order valence-corrected chi connectivity index (χ3v) is 4.40. The van der Waals surface area contributed by atoms with Crippen LogP contribution in [-0.2, 0) is 9.84 Å². The third-order valence-electron chi connectivity index (χ3n) is 2.64. The Morgan fingerprint density at radius 1 is 1.56 bits per heavy atom. The lowest BCUT2D eigenvalue weighted by Crippen LogP contribution is -2.35. The molecule has 0 spiro atoms. The Balaban J connectivity index is 2.02. The fourth-order valence-corrected chi connectivity index (χ4v) is 3.44. The lowest BCUT2D eigenvalue weighted by atomic mass is 10.2. The van der Waals surface area contributed by atoms with E-state index in [0.717, 1.165) is 5.56 Å². The zero-order valence-corrected chi connectivity index (χ0v) is 9.71. The third kappa shape index (κ3) is 2.27. The van der Waals surface area contributed by atoms with Gasteiger partial charge in [0, 0.05) is 11.6 Å². The maximum atomic E-state index is 11.7. The van der Waals surface area contributed by atoms with Gasteiger partial charge in [0.2, 0.25) is 0 Å². The number of carbonyl (C=O) groups is 1. The van der Waals surface area contributed by atoms with Gasteiger partial charge in [0.25, 0.3) is 5.91 Å². The van der Waals surface area contributed by atoms with Crippen LogP contribution < -0.4 is 5.32 Å². The molecule has 5 nitrogen and oxygen atoms in total. The Kier molecular flexibility index (Phi) is 2.75. The molecular formula is C10H13NO4S. The molecule has 0 unspecified atom stereocenters. The fraction of sp³-hybridized carbons (Fsp3) is 0.500. The van der Waals surface area contributed by atoms with Gasteiger partial charge in [-0.1, -0.05) is 0 Å². The van der Waals surface area contributed by atoms with E-state index in [-0.39, 0.29) is 29.2 Å². The summed E-state index contributed by atoms with van der Waals surface area (Å²) in [4.78, 5) is 11.7. The quantitative estimate of drug-likeness (QED) is 0.820. The van der Waals surface area contributed by atoms with Crippen LogP contribution in [0.25, 0.3) is 0 Å². The standard InChI is InChI=1S/C10H13NO4S/c1-7-2-4-15-9(7)10(12)11-8-3-5-16(13,14)6-8/h2,4,8H,3,5-6H2,1H3,(H,11,12)/t8-/m0/s1. The van der Waals surface area contributed by atoms with Crippen LogP contribution in [0.5, 0.6) is 0 Å². The second kappa shape index (κ2) is 3.93. The Morgan fingerprint density at radius 3 is 2.81 bits per heavy atom. The van der Waals surface area contributed by atoms with Crippen LogP contribution in [0.2, 0.25) is 0 Å². The molecule has 2 rings (SSSR count). The maximum absolute atomic E-state index is 11.7. The topological polar surface area (TPSA) is 76.4 Å². The second-order valence-corrected chi connectivity index (χ2v) is 6.23. The first-order valence-corrected chi connectivity index (χ1v) is 6.85. The minimum absolute atomic E-state index is 0.0263. The Labute approximate surface area is 93.7 Å². The molecule has 1 amide bonds. The molecule has 0 radical (unpaired) electrons. The average Bonchev–Trinajstić information content (AvgIpc) is 2.72. The van der Waals surface area contributed by atoms with Crippen molar-refractivity contribution < 1.29 is 17.6 Å². The zero-order chi connectivity index (χ0) is 11.8. The normalized spacial score (nSPS) is 23.2. The molecule has 1 fully saturated rings. The zero-order valence-electron chi connectivity index (χ0n) is 8.89. The molecule has 1 aromatic rings. The summed E-state index contributed by atoms with van der Waals surface area (Å²) in [6, 6.07) is 1.40. The van der Waals surface area contributed by atoms with E-state index >= 15 is 0 Å². The van der Waals surface area contributed by atoms with E-state index in [0.29, 0.717) is 6.42 Å². The Morgan fingerprint density at radius 2 is 2.31 bits per heavy atom. The number of nitrogens with one attached hydrogen (secondary N) is 1. The lowest BCUT2D eigenvalue weighted by molar-refractivity contribution is 0.0912. The van der Waals surface area contributed by atoms with E-state index in [1.54, 1.807) is 13.0 Å². The number of rotatable bonds is 2. The first kappa shape index (κ1) is 11.2. The summed E-state index contributed by atoms with van der Waals surface area (Å²) in [6.07, 6.45) is 1.92. The predicted molar refractivity (Wildman–Crippen MR) is 58.0 cm³/mol. The highest BCUT2D eigenvalue weighted by Gasteiger charge is 2.29. The van der Waals surface area contributed by atoms with E-state index in [1.165, 1.54) is 6.26 Å². The number of furan rings is 1. The molecule has 0 aliphatic carbocycles. The molecule has 1 saturated heterocycles. The van der Waals surface area contributed by atoms with Crippen molar-refractivity contribution in [2.24, 2.45) is 0 Å². The van der Waals surface area contributed by atoms with Gasteiger partial charge in [-0.25, -0.2) is 8.42 Å². The molecule has 0 saturated carbocycles. The molecule has 2 heterocycles. The van der Waals surface area contributed by atoms with Crippen molar-refractivity contribution in [3.8, 4) is 0 Å². The second-order valence-electron chi connectivity index (χ2n) is 4.01. The van der Waals surface area contributed by atoms with Crippen molar-refractivity contribution in [2.45, 2.75) is 19.4 Å². The summed E-state index contributed by atoms with van der Waals surface area (Å²) in [5, 5.41) is 2.67. The first-order chi connectivity index (χ1) is 7.48. The van der Waals surface area contributed by atoms with Gasteiger partial charge in [0.15, 0.2) is 15.6 Å². The highest BCUT2D eigenvalue weighted by molar-refractivity contribution is 7.91. The average molecular weight is 243 g/mol. The number of hydrogen-bond acceptors (Lipinski definition) is 4. The van der Waals surface area contributed by atoms with Crippen LogP contribution in [0.1, 0.15) is 22.5 Å². The van der Waals surface area contributed by atoms with Crippen LogP contribution in [0.3, 0.4) is 0 Å². The summed E-state index contributed by atoms with van der Waals surface area (Å²) < 4.78 is 27.4. The highest BCUT2D eigenvalue weighted by Crippen LogP contribution is 2.13. The van der Waals surface area contributed by atoms with Crippen LogP contribution in [0, 0.1) is 6.92 Å². The summed E-state index contributed by atoms with van der Waals surface area (Å²) in [5.74, 6) is 0.0852. The number of sulfone groups is 1. The molecule has 1 atom stereocenters. The number of hydrogen-bond donors (Lipinski definition) is 1. The molecule has 1 aliphatic rings. The smallest absolute Gasteiger partial charge is 0.287 e. The molecule has 1 aromatic heterocycles. The molecule has 0 bridgehead atoms. The minimum Gasteiger partial charge on any atom is -0.459 e. The molecule has 6 heteroatoms. The van der Waals surface area contributed by atoms with Gasteiger partial charge in [-0.15, -0.1) is 0 Å². The first-order valence-electron chi connectivity index (χ1n) is 5.03. The van der Waals surface area contributed by atoms with Gasteiger partial charge in [-0.05, 0) is 19.4 Å². The van der Waals surface area contributed by atoms with E-state index in [4.69, 9.17) is 4.42 Å². The molecule has 0 aromatic carbocycles. The lowest BCUT2D eigenvalue weighted by Gasteiger charge is -2.09. The fourth-order valence-electron chi connectivity index (χ4n) is 1.77. The summed E-state index contributed by atoms with van der Waals surface area (Å²) in [5.41, 5.74) is 0.748. The maximum Gasteiger partial charge on any atom is 0.287 e. The highest BCUT2D eigenvalue weighted by atomic mass is 32.2. The van der Waals surface area contributed by atoms with Gasteiger partial charge in [-0.2, -0.15) is 0 Å². The van der Waals surface area contributed by atoms with Crippen molar-refractivity contribution in [3.05, 3.63) is 23.7 Å². The number of aryl methyl sites for hydroxylation is 1. The van der Waals surface area contributed by atoms with Crippen LogP contribution in [0.15, 0.2) is 16.7 Å². The molecule has 1 aliphatic heterocycles. The largest absolute Gasteiger partial charge is 0.459 e. The number of carbonyl (C=O) groups excluding carboxylic acids is 1. The summed E-state index contributed by atoms with van der Waals surface area (Å²) in [7, 11) is -2.97. The van der Waals surface area contributed by atoms with Crippen molar-refractivity contribution >= 4 is 15.7 Å². The Hall–Kier alpha value is -1.30. The van der Waals surface area contributed by atoms with Gasteiger partial charge in [0.1, 0.15) is 0 Å². The predicted octanol–water partition coefficient (Wildman–Crippen LogP) is 0.505. The van der Waals surface area contributed by atoms with Gasteiger partial charge < -0.3 is 9.73 Å². The van der Waals surface area contributed by atoms with Gasteiger partial charge >= 0.3 is 0 Å². The monoisotopic (exact) mass is 243 g/mol. The van der Waals surface area contributed by atoms with E-state index < -0.39 is 9.84 Å². The van der Waals surface area contributed by atoms with Crippen molar-refractivity contribution in [2.75, 3.05) is 11.5 Å². The van der Waals surface area contributed by atoms with E-state index in [2.05, 4.69) is 5.32 Å². The van der Waals surface area contributed by atoms with Crippen molar-refractivity contribution in [3.63, 3.8) is 0 Å².